The van der Waals surface area contributed by atoms with Crippen LogP contribution < -0.4 is 5.32 Å². The first-order valence-electron chi connectivity index (χ1n) is 11.2. The van der Waals surface area contributed by atoms with Crippen molar-refractivity contribution in [3.8, 4) is 0 Å². The molecule has 0 saturated carbocycles. The fourth-order valence-corrected chi connectivity index (χ4v) is 4.51. The number of benzene rings is 3. The first kappa shape index (κ1) is 22.6. The van der Waals surface area contributed by atoms with Gasteiger partial charge < -0.3 is 15.0 Å². The maximum atomic E-state index is 13.4. The van der Waals surface area contributed by atoms with Crippen molar-refractivity contribution in [1.82, 2.24) is 14.9 Å². The molecule has 5 aromatic rings. The number of hydrogen-bond acceptors (Lipinski definition) is 3. The van der Waals surface area contributed by atoms with Gasteiger partial charge in [0.1, 0.15) is 0 Å². The number of nitrogens with zero attached hydrogens (tertiary/aromatic N) is 2. The highest BCUT2D eigenvalue weighted by atomic mass is 35.5. The van der Waals surface area contributed by atoms with Gasteiger partial charge in [0.25, 0.3) is 5.91 Å². The van der Waals surface area contributed by atoms with Crippen LogP contribution >= 0.6 is 11.6 Å². The third kappa shape index (κ3) is 4.61. The van der Waals surface area contributed by atoms with Gasteiger partial charge in [-0.15, -0.1) is 0 Å². The second-order valence-corrected chi connectivity index (χ2v) is 8.92. The summed E-state index contributed by atoms with van der Waals surface area (Å²) in [6.45, 7) is 2.36. The summed E-state index contributed by atoms with van der Waals surface area (Å²) in [7, 11) is 0. The number of carboxylic acid groups (broad SMARTS) is 1. The van der Waals surface area contributed by atoms with Gasteiger partial charge in [0.05, 0.1) is 34.9 Å². The summed E-state index contributed by atoms with van der Waals surface area (Å²) in [5.74, 6) is -1.25. The highest BCUT2D eigenvalue weighted by molar-refractivity contribution is 6.32. The largest absolute Gasteiger partial charge is 0.478 e. The molecule has 0 fully saturated rings. The fraction of sp³-hybridized carbons (Fsp3) is 0.107. The van der Waals surface area contributed by atoms with Crippen molar-refractivity contribution in [2.75, 3.05) is 0 Å². The smallest absolute Gasteiger partial charge is 0.335 e. The van der Waals surface area contributed by atoms with Crippen molar-refractivity contribution < 1.29 is 14.7 Å². The minimum atomic E-state index is -0.990. The molecule has 7 heteroatoms. The number of carbonyl (C=O) groups is 2. The number of nitrogens with one attached hydrogen (secondary N) is 1. The van der Waals surface area contributed by atoms with Crippen LogP contribution in [0.1, 0.15) is 44.9 Å². The summed E-state index contributed by atoms with van der Waals surface area (Å²) in [5.41, 5.74) is 3.12. The number of pyridine rings is 1. The van der Waals surface area contributed by atoms with E-state index < -0.39 is 5.97 Å². The molecule has 0 aliphatic carbocycles. The number of hydrogen-bond donors (Lipinski definition) is 2. The normalized spacial score (nSPS) is 12.1. The lowest BCUT2D eigenvalue weighted by Crippen LogP contribution is -2.27. The van der Waals surface area contributed by atoms with Crippen molar-refractivity contribution >= 4 is 45.2 Å². The number of amides is 1. The first-order chi connectivity index (χ1) is 16.9. The van der Waals surface area contributed by atoms with Gasteiger partial charge in [-0.05, 0) is 54.3 Å². The van der Waals surface area contributed by atoms with Crippen LogP contribution in [-0.2, 0) is 6.54 Å². The summed E-state index contributed by atoms with van der Waals surface area (Å²) in [6.07, 6.45) is 3.79. The number of carbonyl (C=O) groups excluding carboxylic acids is 1. The molecule has 0 unspecified atom stereocenters. The molecular weight excluding hydrogens is 462 g/mol. The van der Waals surface area contributed by atoms with Crippen molar-refractivity contribution in [2.24, 2.45) is 0 Å². The van der Waals surface area contributed by atoms with Gasteiger partial charge in [0.15, 0.2) is 0 Å². The Bertz CT molecular complexity index is 1570. The minimum absolute atomic E-state index is 0.198. The van der Waals surface area contributed by atoms with E-state index in [1.54, 1.807) is 18.2 Å². The monoisotopic (exact) mass is 483 g/mol. The standard InChI is InChI=1S/C28H22ClN3O3/c1-17(18-6-8-19(9-7-18)28(34)35)31-27(33)25-14-23(29)12-21-10-11-32(26(21)25)16-24-13-20-4-2-3-5-22(20)15-30-24/h2-15,17H,16H2,1H3,(H,31,33)(H,34,35)/t17-/m0/s1. The Labute approximate surface area is 206 Å². The number of aromatic nitrogens is 2. The second-order valence-electron chi connectivity index (χ2n) is 8.48. The number of aromatic carboxylic acids is 1. The molecule has 0 radical (unpaired) electrons. The topological polar surface area (TPSA) is 84.2 Å². The van der Waals surface area contributed by atoms with E-state index in [-0.39, 0.29) is 17.5 Å². The van der Waals surface area contributed by atoms with Gasteiger partial charge in [0, 0.05) is 28.2 Å². The molecule has 1 atom stereocenters. The zero-order valence-corrected chi connectivity index (χ0v) is 19.7. The number of halogens is 1. The maximum absolute atomic E-state index is 13.4. The molecule has 5 rings (SSSR count). The van der Waals surface area contributed by atoms with E-state index in [0.29, 0.717) is 17.1 Å². The van der Waals surface area contributed by atoms with E-state index in [1.807, 2.05) is 54.2 Å². The van der Waals surface area contributed by atoms with E-state index in [9.17, 15) is 9.59 Å². The molecule has 1 amide bonds. The van der Waals surface area contributed by atoms with E-state index in [0.717, 1.165) is 32.9 Å². The lowest BCUT2D eigenvalue weighted by molar-refractivity contribution is 0.0696. The Hall–Kier alpha value is -4.16. The van der Waals surface area contributed by atoms with Crippen LogP contribution in [0.3, 0.4) is 0 Å². The van der Waals surface area contributed by atoms with E-state index >= 15 is 0 Å². The molecule has 2 heterocycles. The van der Waals surface area contributed by atoms with Gasteiger partial charge in [-0.3, -0.25) is 9.78 Å². The Morgan fingerprint density at radius 1 is 1.00 bits per heavy atom. The van der Waals surface area contributed by atoms with Crippen molar-refractivity contribution in [3.63, 3.8) is 0 Å². The van der Waals surface area contributed by atoms with E-state index in [1.165, 1.54) is 12.1 Å². The van der Waals surface area contributed by atoms with Gasteiger partial charge >= 0.3 is 5.97 Å². The zero-order chi connectivity index (χ0) is 24.5. The van der Waals surface area contributed by atoms with Gasteiger partial charge in [0.2, 0.25) is 0 Å². The molecule has 0 saturated heterocycles. The van der Waals surface area contributed by atoms with Gasteiger partial charge in [-0.2, -0.15) is 0 Å². The fourth-order valence-electron chi connectivity index (χ4n) is 4.28. The molecule has 0 bridgehead atoms. The lowest BCUT2D eigenvalue weighted by atomic mass is 10.0. The van der Waals surface area contributed by atoms with Gasteiger partial charge in [-0.25, -0.2) is 4.79 Å². The summed E-state index contributed by atoms with van der Waals surface area (Å²) in [5, 5.41) is 15.6. The average molecular weight is 484 g/mol. The summed E-state index contributed by atoms with van der Waals surface area (Å²) >= 11 is 6.35. The molecule has 2 aromatic heterocycles. The molecule has 35 heavy (non-hydrogen) atoms. The Kier molecular flexibility index (Phi) is 5.97. The van der Waals surface area contributed by atoms with Crippen molar-refractivity contribution in [1.29, 1.82) is 0 Å². The van der Waals surface area contributed by atoms with Crippen LogP contribution in [0.2, 0.25) is 5.02 Å². The SMILES string of the molecule is C[C@H](NC(=O)c1cc(Cl)cc2ccn(Cc3cc4ccccc4cn3)c12)c1ccc(C(=O)O)cc1. The van der Waals surface area contributed by atoms with Crippen LogP contribution in [0, 0.1) is 0 Å². The second kappa shape index (κ2) is 9.24. The zero-order valence-electron chi connectivity index (χ0n) is 18.9. The predicted octanol–water partition coefficient (Wildman–Crippen LogP) is 6.08. The molecule has 0 spiro atoms. The third-order valence-corrected chi connectivity index (χ3v) is 6.31. The Morgan fingerprint density at radius 2 is 1.74 bits per heavy atom. The predicted molar refractivity (Wildman–Crippen MR) is 137 cm³/mol. The molecule has 3 aromatic carbocycles. The average Bonchev–Trinajstić information content (AvgIpc) is 3.25. The molecule has 6 nitrogen and oxygen atoms in total. The van der Waals surface area contributed by atoms with Crippen LogP contribution in [0.5, 0.6) is 0 Å². The van der Waals surface area contributed by atoms with Gasteiger partial charge in [-0.1, -0.05) is 48.0 Å². The Morgan fingerprint density at radius 3 is 2.49 bits per heavy atom. The van der Waals surface area contributed by atoms with Crippen LogP contribution in [0.4, 0.5) is 0 Å². The van der Waals surface area contributed by atoms with E-state index in [2.05, 4.69) is 22.4 Å². The van der Waals surface area contributed by atoms with Crippen LogP contribution in [0.25, 0.3) is 21.7 Å². The van der Waals surface area contributed by atoms with Crippen LogP contribution in [-0.4, -0.2) is 26.5 Å². The number of carboxylic acids is 1. The number of fused-ring (bicyclic) bond motifs is 2. The molecule has 174 valence electrons. The molecule has 0 aliphatic rings. The maximum Gasteiger partial charge on any atom is 0.335 e. The Balaban J connectivity index is 1.45. The molecular formula is C28H22ClN3O3. The summed E-state index contributed by atoms with van der Waals surface area (Å²) < 4.78 is 2.00. The summed E-state index contributed by atoms with van der Waals surface area (Å²) in [4.78, 5) is 29.1. The van der Waals surface area contributed by atoms with Crippen LogP contribution in [0.15, 0.2) is 85.2 Å². The summed E-state index contributed by atoms with van der Waals surface area (Å²) in [6, 6.07) is 21.7. The van der Waals surface area contributed by atoms with Crippen molar-refractivity contribution in [2.45, 2.75) is 19.5 Å². The minimum Gasteiger partial charge on any atom is -0.478 e. The third-order valence-electron chi connectivity index (χ3n) is 6.10. The first-order valence-corrected chi connectivity index (χ1v) is 11.5. The molecule has 2 N–H and O–H groups in total. The number of rotatable bonds is 6. The molecule has 0 aliphatic heterocycles. The lowest BCUT2D eigenvalue weighted by Gasteiger charge is -2.16. The van der Waals surface area contributed by atoms with Crippen molar-refractivity contribution in [3.05, 3.63) is 113 Å². The highest BCUT2D eigenvalue weighted by Crippen LogP contribution is 2.27. The quantitative estimate of drug-likeness (QED) is 0.306. The highest BCUT2D eigenvalue weighted by Gasteiger charge is 2.18. The van der Waals surface area contributed by atoms with E-state index in [4.69, 9.17) is 16.7 Å².